The Hall–Kier alpha value is -3.50. The van der Waals surface area contributed by atoms with Gasteiger partial charge in [-0.2, -0.15) is 0 Å². The molecule has 250 valence electrons. The lowest BCUT2D eigenvalue weighted by Gasteiger charge is -2.46. The van der Waals surface area contributed by atoms with Crippen molar-refractivity contribution in [3.05, 3.63) is 93.2 Å². The average molecular weight is 680 g/mol. The van der Waals surface area contributed by atoms with Gasteiger partial charge < -0.3 is 10.5 Å². The molecule has 3 aromatic rings. The van der Waals surface area contributed by atoms with Crippen molar-refractivity contribution in [2.45, 2.75) is 70.9 Å². The van der Waals surface area contributed by atoms with Gasteiger partial charge in [0.1, 0.15) is 22.7 Å². The number of rotatable bonds is 8. The summed E-state index contributed by atoms with van der Waals surface area (Å²) in [6.45, 7) is 13.8. The Morgan fingerprint density at radius 1 is 1.04 bits per heavy atom. The van der Waals surface area contributed by atoms with E-state index < -0.39 is 22.9 Å². The lowest BCUT2D eigenvalue weighted by Crippen LogP contribution is -2.57. The van der Waals surface area contributed by atoms with Crippen LogP contribution in [0.5, 0.6) is 5.75 Å². The number of aromatic nitrogens is 1. The minimum absolute atomic E-state index is 0.0674. The van der Waals surface area contributed by atoms with Gasteiger partial charge in [-0.15, -0.1) is 0 Å². The summed E-state index contributed by atoms with van der Waals surface area (Å²) in [6, 6.07) is 17.2. The predicted octanol–water partition coefficient (Wildman–Crippen LogP) is 6.21. The number of nitrogens with zero attached hydrogens (tertiary/aromatic N) is 4. The average Bonchev–Trinajstić information content (AvgIpc) is 3.12. The number of benzene rings is 2. The van der Waals surface area contributed by atoms with Crippen molar-refractivity contribution >= 4 is 40.9 Å². The molecule has 0 aliphatic carbocycles. The zero-order valence-electron chi connectivity index (χ0n) is 27.9. The van der Waals surface area contributed by atoms with Crippen molar-refractivity contribution < 1.29 is 14.3 Å². The molecule has 1 aromatic heterocycles. The number of halogens is 2. The molecule has 3 N–H and O–H groups in total. The van der Waals surface area contributed by atoms with Gasteiger partial charge in [-0.1, -0.05) is 68.2 Å². The van der Waals surface area contributed by atoms with Gasteiger partial charge in [0.15, 0.2) is 0 Å². The summed E-state index contributed by atoms with van der Waals surface area (Å²) in [6.07, 6.45) is 3.09. The van der Waals surface area contributed by atoms with Gasteiger partial charge in [0, 0.05) is 46.5 Å². The summed E-state index contributed by atoms with van der Waals surface area (Å²) in [5, 5.41) is 2.98. The fourth-order valence-corrected chi connectivity index (χ4v) is 6.82. The van der Waals surface area contributed by atoms with Gasteiger partial charge in [-0.05, 0) is 69.0 Å². The number of hydrogen-bond donors (Lipinski definition) is 2. The zero-order chi connectivity index (χ0) is 34.1. The molecule has 0 saturated carbocycles. The summed E-state index contributed by atoms with van der Waals surface area (Å²) >= 11 is 12.8. The van der Waals surface area contributed by atoms with Gasteiger partial charge >= 0.3 is 0 Å². The summed E-state index contributed by atoms with van der Waals surface area (Å²) < 4.78 is 6.25. The van der Waals surface area contributed by atoms with Gasteiger partial charge in [-0.3, -0.25) is 29.9 Å². The molecule has 3 atom stereocenters. The molecule has 2 aliphatic rings. The van der Waals surface area contributed by atoms with Crippen LogP contribution in [0.4, 0.5) is 0 Å². The van der Waals surface area contributed by atoms with Gasteiger partial charge in [0.25, 0.3) is 0 Å². The number of nitrogens with one attached hydrogen (secondary N) is 1. The first-order valence-corrected chi connectivity index (χ1v) is 16.8. The van der Waals surface area contributed by atoms with Crippen molar-refractivity contribution in [1.82, 2.24) is 20.3 Å². The van der Waals surface area contributed by atoms with E-state index in [2.05, 4.69) is 40.0 Å². The Morgan fingerprint density at radius 2 is 1.66 bits per heavy atom. The normalized spacial score (nSPS) is 23.7. The highest BCUT2D eigenvalue weighted by molar-refractivity contribution is 6.30. The molecule has 5 rings (SSSR count). The smallest absolute Gasteiger partial charge is 0.233 e. The van der Waals surface area contributed by atoms with Crippen molar-refractivity contribution in [2.24, 2.45) is 16.6 Å². The molecule has 0 spiro atoms. The lowest BCUT2D eigenvalue weighted by atomic mass is 9.70. The van der Waals surface area contributed by atoms with Crippen LogP contribution in [0.15, 0.2) is 65.8 Å². The number of hydrazine groups is 1. The molecule has 47 heavy (non-hydrogen) atoms. The second-order valence-electron chi connectivity index (χ2n) is 13.6. The standard InChI is InChI=1S/C36H44Cl2N6O3/c1-7-47-29-19-30(34(2,3)4)40-21-28(29)32-42-35(5,24-10-14-26(37)15-11-24)36(6,25-12-16-27(38)17-13-25)44(32)33(46)23-9-8-18-43(41-20-23)22-31(39)45/h10-17,19,21,23,41H,7-9,18,20,22H2,1-6H3,(H2,39,45)/t23?,35-,36+/m0/s1. The Labute approximate surface area is 287 Å². The Balaban J connectivity index is 1.74. The highest BCUT2D eigenvalue weighted by Gasteiger charge is 2.60. The van der Waals surface area contributed by atoms with E-state index in [-0.39, 0.29) is 17.9 Å². The van der Waals surface area contributed by atoms with E-state index in [1.54, 1.807) is 11.2 Å². The minimum Gasteiger partial charge on any atom is -0.493 e. The second kappa shape index (κ2) is 13.5. The summed E-state index contributed by atoms with van der Waals surface area (Å²) in [5.74, 6) is 0.123. The number of amidine groups is 1. The maximum absolute atomic E-state index is 15.2. The molecule has 9 nitrogen and oxygen atoms in total. The van der Waals surface area contributed by atoms with Crippen LogP contribution in [-0.2, 0) is 26.1 Å². The van der Waals surface area contributed by atoms with Gasteiger partial charge in [0.2, 0.25) is 11.8 Å². The Bertz CT molecular complexity index is 1660. The molecule has 3 heterocycles. The van der Waals surface area contributed by atoms with Crippen LogP contribution in [0, 0.1) is 5.92 Å². The fraction of sp³-hybridized carbons (Fsp3) is 0.444. The zero-order valence-corrected chi connectivity index (χ0v) is 29.5. The van der Waals surface area contributed by atoms with Crippen LogP contribution in [0.3, 0.4) is 0 Å². The summed E-state index contributed by atoms with van der Waals surface area (Å²) in [5.41, 5.74) is 9.79. The van der Waals surface area contributed by atoms with Gasteiger partial charge in [-0.25, -0.2) is 5.01 Å². The highest BCUT2D eigenvalue weighted by Crippen LogP contribution is 2.54. The van der Waals surface area contributed by atoms with Crippen LogP contribution in [0.1, 0.15) is 76.8 Å². The first-order chi connectivity index (χ1) is 22.2. The maximum Gasteiger partial charge on any atom is 0.233 e. The maximum atomic E-state index is 15.2. The first-order valence-electron chi connectivity index (χ1n) is 16.1. The number of aliphatic imine (C=N–C) groups is 1. The molecule has 11 heteroatoms. The van der Waals surface area contributed by atoms with E-state index in [0.29, 0.717) is 59.7 Å². The minimum atomic E-state index is -1.02. The van der Waals surface area contributed by atoms with Crippen molar-refractivity contribution in [1.29, 1.82) is 0 Å². The van der Waals surface area contributed by atoms with E-state index >= 15 is 4.79 Å². The topological polar surface area (TPSA) is 113 Å². The fourth-order valence-electron chi connectivity index (χ4n) is 6.57. The monoisotopic (exact) mass is 678 g/mol. The van der Waals surface area contributed by atoms with Crippen LogP contribution < -0.4 is 15.9 Å². The molecular weight excluding hydrogens is 635 g/mol. The third-order valence-corrected chi connectivity index (χ3v) is 9.89. The number of amides is 2. The number of ether oxygens (including phenoxy) is 1. The third-order valence-electron chi connectivity index (χ3n) is 9.38. The van der Waals surface area contributed by atoms with E-state index in [1.165, 1.54) is 0 Å². The molecule has 0 radical (unpaired) electrons. The third kappa shape index (κ3) is 6.77. The molecular formula is C36H44Cl2N6O3. The Morgan fingerprint density at radius 3 is 2.23 bits per heavy atom. The Kier molecular flexibility index (Phi) is 10.0. The second-order valence-corrected chi connectivity index (χ2v) is 14.5. The van der Waals surface area contributed by atoms with E-state index in [1.807, 2.05) is 66.4 Å². The highest BCUT2D eigenvalue weighted by atomic mass is 35.5. The van der Waals surface area contributed by atoms with Crippen molar-refractivity contribution in [3.63, 3.8) is 0 Å². The summed E-state index contributed by atoms with van der Waals surface area (Å²) in [4.78, 5) is 39.1. The number of hydrogen-bond acceptors (Lipinski definition) is 7. The van der Waals surface area contributed by atoms with Crippen LogP contribution in [0.25, 0.3) is 0 Å². The largest absolute Gasteiger partial charge is 0.493 e. The molecule has 2 amide bonds. The number of carbonyl (C=O) groups excluding carboxylic acids is 2. The van der Waals surface area contributed by atoms with Gasteiger partial charge in [0.05, 0.1) is 24.6 Å². The molecule has 2 aliphatic heterocycles. The van der Waals surface area contributed by atoms with Crippen LogP contribution in [-0.4, -0.2) is 58.8 Å². The molecule has 1 fully saturated rings. The molecule has 2 aromatic carbocycles. The summed E-state index contributed by atoms with van der Waals surface area (Å²) in [7, 11) is 0. The molecule has 1 unspecified atom stereocenters. The number of primary amides is 1. The first kappa shape index (κ1) is 34.8. The van der Waals surface area contributed by atoms with Crippen molar-refractivity contribution in [3.8, 4) is 5.75 Å². The van der Waals surface area contributed by atoms with Crippen LogP contribution in [0.2, 0.25) is 10.0 Å². The van der Waals surface area contributed by atoms with E-state index in [0.717, 1.165) is 16.8 Å². The number of carbonyl (C=O) groups is 2. The predicted molar refractivity (Wildman–Crippen MR) is 187 cm³/mol. The van der Waals surface area contributed by atoms with E-state index in [9.17, 15) is 4.79 Å². The van der Waals surface area contributed by atoms with E-state index in [4.69, 9.17) is 43.6 Å². The number of pyridine rings is 1. The van der Waals surface area contributed by atoms with Crippen LogP contribution >= 0.6 is 23.2 Å². The molecule has 1 saturated heterocycles. The lowest BCUT2D eigenvalue weighted by molar-refractivity contribution is -0.137. The molecule has 0 bridgehead atoms. The SMILES string of the molecule is CCOc1cc(C(C)(C)C)ncc1C1=N[C@@](C)(c2ccc(Cl)cc2)[C@@](C)(c2ccc(Cl)cc2)N1C(=O)C1CCCN(CC(N)=O)NC1. The number of nitrogens with two attached hydrogens (primary N) is 1. The quantitative estimate of drug-likeness (QED) is 0.293. The van der Waals surface area contributed by atoms with Crippen molar-refractivity contribution in [2.75, 3.05) is 26.2 Å².